The highest BCUT2D eigenvalue weighted by Crippen LogP contribution is 1.98. The molecule has 40 valence electrons. The first-order chi connectivity index (χ1) is 3.30. The first kappa shape index (κ1) is 4.71. The maximum Gasteiger partial charge on any atom is 0.137 e. The molecule has 0 saturated heterocycles. The molecule has 0 aliphatic carbocycles. The first-order valence-corrected chi connectivity index (χ1v) is 2.35. The summed E-state index contributed by atoms with van der Waals surface area (Å²) in [5.74, 6) is 0.821. The van der Waals surface area contributed by atoms with Gasteiger partial charge in [-0.25, -0.2) is 0 Å². The zero-order valence-corrected chi connectivity index (χ0v) is 4.74. The molecule has 4 heteroatoms. The molecule has 0 saturated carbocycles. The molecule has 1 aliphatic rings. The normalized spacial score (nSPS) is 19.1. The summed E-state index contributed by atoms with van der Waals surface area (Å²) in [6.45, 7) is 2.46. The lowest BCUT2D eigenvalue weighted by molar-refractivity contribution is 0.627. The van der Waals surface area contributed by atoms with Crippen LogP contribution in [0.5, 0.6) is 0 Å². The number of amidine groups is 1. The summed E-state index contributed by atoms with van der Waals surface area (Å²) in [6, 6.07) is 0. The van der Waals surface area contributed by atoms with Crippen molar-refractivity contribution < 1.29 is 0 Å². The SMILES string of the molecule is CC1=NNCN1Cl. The van der Waals surface area contributed by atoms with Gasteiger partial charge in [0, 0.05) is 11.8 Å². The Morgan fingerprint density at radius 2 is 2.71 bits per heavy atom. The average Bonchev–Trinajstić information content (AvgIpc) is 1.91. The maximum absolute atomic E-state index is 5.50. The Morgan fingerprint density at radius 3 is 2.86 bits per heavy atom. The largest absolute Gasteiger partial charge is 0.287 e. The number of hydrogen-bond donors (Lipinski definition) is 1. The second-order valence-electron chi connectivity index (χ2n) is 1.34. The molecule has 3 nitrogen and oxygen atoms in total. The van der Waals surface area contributed by atoms with Crippen LogP contribution in [0.1, 0.15) is 6.92 Å². The molecule has 7 heavy (non-hydrogen) atoms. The third-order valence-electron chi connectivity index (χ3n) is 0.802. The van der Waals surface area contributed by atoms with Gasteiger partial charge < -0.3 is 0 Å². The summed E-state index contributed by atoms with van der Waals surface area (Å²) < 4.78 is 1.51. The number of hydrazone groups is 1. The molecule has 0 spiro atoms. The maximum atomic E-state index is 5.50. The third kappa shape index (κ3) is 0.771. The molecule has 0 aromatic heterocycles. The standard InChI is InChI=1S/C3H6ClN3/c1-3-6-5-2-7(3)4/h5H,2H2,1H3. The van der Waals surface area contributed by atoms with Crippen molar-refractivity contribution in [2.75, 3.05) is 6.67 Å². The molecule has 0 aromatic carbocycles. The molecule has 1 aliphatic heterocycles. The van der Waals surface area contributed by atoms with E-state index in [-0.39, 0.29) is 0 Å². The summed E-state index contributed by atoms with van der Waals surface area (Å²) >= 11 is 5.50. The summed E-state index contributed by atoms with van der Waals surface area (Å²) in [6.07, 6.45) is 0. The van der Waals surface area contributed by atoms with Crippen LogP contribution in [-0.4, -0.2) is 16.9 Å². The van der Waals surface area contributed by atoms with Crippen LogP contribution in [0.15, 0.2) is 5.10 Å². The van der Waals surface area contributed by atoms with Crippen LogP contribution in [0.3, 0.4) is 0 Å². The van der Waals surface area contributed by atoms with Gasteiger partial charge in [0.1, 0.15) is 12.5 Å². The van der Waals surface area contributed by atoms with Gasteiger partial charge in [-0.05, 0) is 6.92 Å². The van der Waals surface area contributed by atoms with E-state index in [1.54, 1.807) is 0 Å². The van der Waals surface area contributed by atoms with Gasteiger partial charge in [0.05, 0.1) is 0 Å². The van der Waals surface area contributed by atoms with Gasteiger partial charge in [0.25, 0.3) is 0 Å². The topological polar surface area (TPSA) is 27.6 Å². The first-order valence-electron chi connectivity index (χ1n) is 2.01. The minimum Gasteiger partial charge on any atom is -0.287 e. The number of nitrogens with one attached hydrogen (secondary N) is 1. The molecule has 1 heterocycles. The molecular weight excluding hydrogens is 114 g/mol. The fraction of sp³-hybridized carbons (Fsp3) is 0.667. The highest BCUT2D eigenvalue weighted by Gasteiger charge is 2.06. The van der Waals surface area contributed by atoms with Crippen molar-refractivity contribution in [1.82, 2.24) is 9.84 Å². The number of hydrogen-bond acceptors (Lipinski definition) is 3. The molecular formula is C3H6ClN3. The van der Waals surface area contributed by atoms with E-state index in [1.807, 2.05) is 6.92 Å². The number of nitrogens with zero attached hydrogens (tertiary/aromatic N) is 2. The Morgan fingerprint density at radius 1 is 2.00 bits per heavy atom. The van der Waals surface area contributed by atoms with Crippen molar-refractivity contribution in [3.8, 4) is 0 Å². The predicted molar refractivity (Wildman–Crippen MR) is 28.8 cm³/mol. The molecule has 1 N–H and O–H groups in total. The van der Waals surface area contributed by atoms with Gasteiger partial charge in [-0.2, -0.15) is 5.10 Å². The third-order valence-corrected chi connectivity index (χ3v) is 1.17. The molecule has 0 unspecified atom stereocenters. The molecule has 0 amide bonds. The zero-order valence-electron chi connectivity index (χ0n) is 3.98. The molecule has 0 aromatic rings. The van der Waals surface area contributed by atoms with Gasteiger partial charge >= 0.3 is 0 Å². The van der Waals surface area contributed by atoms with E-state index in [0.717, 1.165) is 5.84 Å². The van der Waals surface area contributed by atoms with Crippen LogP contribution in [0.2, 0.25) is 0 Å². The van der Waals surface area contributed by atoms with Gasteiger partial charge in [0.15, 0.2) is 0 Å². The zero-order chi connectivity index (χ0) is 5.28. The van der Waals surface area contributed by atoms with Gasteiger partial charge in [-0.3, -0.25) is 9.84 Å². The highest BCUT2D eigenvalue weighted by molar-refractivity contribution is 6.22. The second kappa shape index (κ2) is 1.58. The minimum atomic E-state index is 0.618. The van der Waals surface area contributed by atoms with Gasteiger partial charge in [-0.15, -0.1) is 0 Å². The molecule has 1 rings (SSSR count). The van der Waals surface area contributed by atoms with Gasteiger partial charge in [0.2, 0.25) is 0 Å². The van der Waals surface area contributed by atoms with Crippen LogP contribution in [0.4, 0.5) is 0 Å². The molecule has 0 fully saturated rings. The van der Waals surface area contributed by atoms with E-state index >= 15 is 0 Å². The van der Waals surface area contributed by atoms with E-state index in [9.17, 15) is 0 Å². The lowest BCUT2D eigenvalue weighted by Gasteiger charge is -2.00. The van der Waals surface area contributed by atoms with Crippen LogP contribution in [0.25, 0.3) is 0 Å². The van der Waals surface area contributed by atoms with E-state index in [4.69, 9.17) is 11.8 Å². The van der Waals surface area contributed by atoms with Crippen molar-refractivity contribution in [3.63, 3.8) is 0 Å². The second-order valence-corrected chi connectivity index (χ2v) is 1.75. The highest BCUT2D eigenvalue weighted by atomic mass is 35.5. The predicted octanol–water partition coefficient (Wildman–Crippen LogP) is 0.336. The van der Waals surface area contributed by atoms with Crippen molar-refractivity contribution in [1.29, 1.82) is 0 Å². The van der Waals surface area contributed by atoms with Crippen molar-refractivity contribution >= 4 is 17.6 Å². The summed E-state index contributed by atoms with van der Waals surface area (Å²) in [7, 11) is 0. The van der Waals surface area contributed by atoms with E-state index in [2.05, 4.69) is 10.5 Å². The molecule has 0 radical (unpaired) electrons. The average molecular weight is 120 g/mol. The number of halogens is 1. The fourth-order valence-electron chi connectivity index (χ4n) is 0.381. The van der Waals surface area contributed by atoms with E-state index < -0.39 is 0 Å². The van der Waals surface area contributed by atoms with Crippen LogP contribution >= 0.6 is 11.8 Å². The monoisotopic (exact) mass is 119 g/mol. The van der Waals surface area contributed by atoms with Crippen LogP contribution in [-0.2, 0) is 0 Å². The van der Waals surface area contributed by atoms with Crippen LogP contribution in [0, 0.1) is 0 Å². The van der Waals surface area contributed by atoms with E-state index in [0.29, 0.717) is 6.67 Å². The number of rotatable bonds is 0. The summed E-state index contributed by atoms with van der Waals surface area (Å²) in [5.41, 5.74) is 2.70. The van der Waals surface area contributed by atoms with Crippen molar-refractivity contribution in [2.45, 2.75) is 6.92 Å². The van der Waals surface area contributed by atoms with Crippen molar-refractivity contribution in [2.24, 2.45) is 5.10 Å². The Labute approximate surface area is 47.1 Å². The van der Waals surface area contributed by atoms with Crippen molar-refractivity contribution in [3.05, 3.63) is 0 Å². The Kier molecular flexibility index (Phi) is 1.06. The Hall–Kier alpha value is -0.440. The van der Waals surface area contributed by atoms with Gasteiger partial charge in [-0.1, -0.05) is 0 Å². The minimum absolute atomic E-state index is 0.618. The molecule has 0 atom stereocenters. The lowest BCUT2D eigenvalue weighted by Crippen LogP contribution is -2.16. The Bertz CT molecular complexity index is 100. The fourth-order valence-corrected chi connectivity index (χ4v) is 0.472. The summed E-state index contributed by atoms with van der Waals surface area (Å²) in [4.78, 5) is 0. The smallest absolute Gasteiger partial charge is 0.137 e. The molecule has 0 bridgehead atoms. The lowest BCUT2D eigenvalue weighted by atomic mass is 10.7. The van der Waals surface area contributed by atoms with E-state index in [1.165, 1.54) is 4.42 Å². The summed E-state index contributed by atoms with van der Waals surface area (Å²) in [5, 5.41) is 3.78. The Balaban J connectivity index is 2.54. The quantitative estimate of drug-likeness (QED) is 0.466. The van der Waals surface area contributed by atoms with Crippen LogP contribution < -0.4 is 5.43 Å².